The van der Waals surface area contributed by atoms with Crippen LogP contribution in [-0.2, 0) is 6.42 Å². The van der Waals surface area contributed by atoms with Gasteiger partial charge >= 0.3 is 11.6 Å². The molecule has 0 bridgehead atoms. The summed E-state index contributed by atoms with van der Waals surface area (Å²) >= 11 is 0. The molecule has 1 N–H and O–H groups in total. The molecule has 1 aliphatic rings. The topological polar surface area (TPSA) is 70.8 Å². The fraction of sp³-hybridized carbons (Fsp3) is 0.333. The minimum absolute atomic E-state index is 0.307. The number of fused-ring (bicyclic) bond motifs is 1. The zero-order chi connectivity index (χ0) is 16.4. The first-order valence-electron chi connectivity index (χ1n) is 7.86. The van der Waals surface area contributed by atoms with Gasteiger partial charge in [0.1, 0.15) is 0 Å². The Morgan fingerprint density at radius 1 is 1.30 bits per heavy atom. The molecule has 2 heterocycles. The highest BCUT2D eigenvalue weighted by Gasteiger charge is 2.20. The molecule has 0 spiro atoms. The summed E-state index contributed by atoms with van der Waals surface area (Å²) in [5.41, 5.74) is 2.98. The van der Waals surface area contributed by atoms with Gasteiger partial charge in [0.15, 0.2) is 0 Å². The predicted octanol–water partition coefficient (Wildman–Crippen LogP) is 3.17. The lowest BCUT2D eigenvalue weighted by molar-refractivity contribution is 0.0658. The maximum absolute atomic E-state index is 11.3. The maximum atomic E-state index is 11.3. The molecule has 120 valence electrons. The van der Waals surface area contributed by atoms with Gasteiger partial charge in [-0.25, -0.2) is 9.59 Å². The van der Waals surface area contributed by atoms with E-state index in [1.165, 1.54) is 23.4 Å². The standard InChI is InChI=1S/C18H19NO4/c1-2-9-19-10-3-4-13-11-12(5-7-15(13)19)14-6-8-16(20)23-17(14)18(21)22/h5-8,11H,2-4,9-10H2,1H3,(H,21,22). The van der Waals surface area contributed by atoms with E-state index in [1.807, 2.05) is 18.2 Å². The van der Waals surface area contributed by atoms with E-state index in [2.05, 4.69) is 11.8 Å². The Kier molecular flexibility index (Phi) is 4.19. The van der Waals surface area contributed by atoms with E-state index in [0.29, 0.717) is 5.56 Å². The van der Waals surface area contributed by atoms with Crippen LogP contribution in [0.3, 0.4) is 0 Å². The monoisotopic (exact) mass is 313 g/mol. The molecule has 0 atom stereocenters. The molecule has 0 radical (unpaired) electrons. The third kappa shape index (κ3) is 2.99. The fourth-order valence-electron chi connectivity index (χ4n) is 3.15. The molecule has 2 aromatic rings. The van der Waals surface area contributed by atoms with Crippen molar-refractivity contribution in [2.75, 3.05) is 18.0 Å². The molecule has 5 nitrogen and oxygen atoms in total. The fourth-order valence-corrected chi connectivity index (χ4v) is 3.15. The summed E-state index contributed by atoms with van der Waals surface area (Å²) in [6, 6.07) is 8.72. The first kappa shape index (κ1) is 15.3. The molecule has 0 saturated heterocycles. The number of hydrogen-bond donors (Lipinski definition) is 1. The van der Waals surface area contributed by atoms with Crippen molar-refractivity contribution < 1.29 is 14.3 Å². The van der Waals surface area contributed by atoms with Crippen LogP contribution in [-0.4, -0.2) is 24.2 Å². The Labute approximate surface area is 134 Å². The minimum Gasteiger partial charge on any atom is -0.475 e. The Hall–Kier alpha value is -2.56. The van der Waals surface area contributed by atoms with E-state index in [1.54, 1.807) is 0 Å². The molecule has 23 heavy (non-hydrogen) atoms. The molecule has 0 aliphatic carbocycles. The molecule has 3 rings (SSSR count). The second-order valence-electron chi connectivity index (χ2n) is 5.74. The zero-order valence-corrected chi connectivity index (χ0v) is 13.0. The van der Waals surface area contributed by atoms with Crippen LogP contribution >= 0.6 is 0 Å². The van der Waals surface area contributed by atoms with Gasteiger partial charge in [0.25, 0.3) is 0 Å². The van der Waals surface area contributed by atoms with E-state index >= 15 is 0 Å². The minimum atomic E-state index is -1.23. The summed E-state index contributed by atoms with van der Waals surface area (Å²) in [6.07, 6.45) is 3.16. The van der Waals surface area contributed by atoms with Crippen LogP contribution in [0.1, 0.15) is 35.9 Å². The number of aromatic carboxylic acids is 1. The van der Waals surface area contributed by atoms with Gasteiger partial charge in [0.2, 0.25) is 5.76 Å². The van der Waals surface area contributed by atoms with Gasteiger partial charge in [-0.05, 0) is 48.6 Å². The second-order valence-corrected chi connectivity index (χ2v) is 5.74. The third-order valence-electron chi connectivity index (χ3n) is 4.13. The summed E-state index contributed by atoms with van der Waals surface area (Å²) in [5, 5.41) is 9.26. The van der Waals surface area contributed by atoms with Crippen LogP contribution in [0, 0.1) is 0 Å². The molecule has 0 amide bonds. The van der Waals surface area contributed by atoms with Gasteiger partial charge < -0.3 is 14.4 Å². The quantitative estimate of drug-likeness (QED) is 0.938. The van der Waals surface area contributed by atoms with Crippen molar-refractivity contribution in [2.24, 2.45) is 0 Å². The highest BCUT2D eigenvalue weighted by molar-refractivity contribution is 5.93. The number of anilines is 1. The number of hydrogen-bond acceptors (Lipinski definition) is 4. The third-order valence-corrected chi connectivity index (χ3v) is 4.13. The Bertz CT molecular complexity index is 794. The van der Waals surface area contributed by atoms with Crippen molar-refractivity contribution in [3.05, 3.63) is 52.1 Å². The number of rotatable bonds is 4. The van der Waals surface area contributed by atoms with Crippen LogP contribution < -0.4 is 10.5 Å². The Balaban J connectivity index is 2.06. The molecule has 5 heteroatoms. The second kappa shape index (κ2) is 6.28. The number of nitrogens with zero attached hydrogens (tertiary/aromatic N) is 1. The van der Waals surface area contributed by atoms with Gasteiger partial charge in [0, 0.05) is 30.4 Å². The van der Waals surface area contributed by atoms with Crippen molar-refractivity contribution in [3.63, 3.8) is 0 Å². The Morgan fingerprint density at radius 3 is 2.87 bits per heavy atom. The Morgan fingerprint density at radius 2 is 2.13 bits per heavy atom. The molecule has 0 unspecified atom stereocenters. The molecule has 0 saturated carbocycles. The maximum Gasteiger partial charge on any atom is 0.372 e. The number of carboxylic acids is 1. The van der Waals surface area contributed by atoms with E-state index in [4.69, 9.17) is 4.42 Å². The van der Waals surface area contributed by atoms with Gasteiger partial charge in [-0.3, -0.25) is 0 Å². The number of benzene rings is 1. The van der Waals surface area contributed by atoms with Gasteiger partial charge in [-0.2, -0.15) is 0 Å². The highest BCUT2D eigenvalue weighted by atomic mass is 16.4. The molecule has 1 aromatic heterocycles. The smallest absolute Gasteiger partial charge is 0.372 e. The molecule has 1 aliphatic heterocycles. The lowest BCUT2D eigenvalue weighted by Crippen LogP contribution is -2.29. The molecule has 0 fully saturated rings. The first-order chi connectivity index (χ1) is 11.1. The van der Waals surface area contributed by atoms with Crippen molar-refractivity contribution in [3.8, 4) is 11.1 Å². The number of carboxylic acid groups (broad SMARTS) is 1. The van der Waals surface area contributed by atoms with Crippen LogP contribution in [0.15, 0.2) is 39.5 Å². The van der Waals surface area contributed by atoms with E-state index in [9.17, 15) is 14.7 Å². The van der Waals surface area contributed by atoms with Crippen molar-refractivity contribution >= 4 is 11.7 Å². The van der Waals surface area contributed by atoms with Crippen molar-refractivity contribution in [2.45, 2.75) is 26.2 Å². The van der Waals surface area contributed by atoms with Crippen LogP contribution in [0.4, 0.5) is 5.69 Å². The van der Waals surface area contributed by atoms with Gasteiger partial charge in [0.05, 0.1) is 0 Å². The number of aryl methyl sites for hydroxylation is 1. The number of carbonyl (C=O) groups is 1. The van der Waals surface area contributed by atoms with Crippen LogP contribution in [0.5, 0.6) is 0 Å². The van der Waals surface area contributed by atoms with Gasteiger partial charge in [-0.15, -0.1) is 0 Å². The van der Waals surface area contributed by atoms with Gasteiger partial charge in [-0.1, -0.05) is 13.0 Å². The summed E-state index contributed by atoms with van der Waals surface area (Å²) < 4.78 is 4.86. The summed E-state index contributed by atoms with van der Waals surface area (Å²) in [4.78, 5) is 25.0. The molecule has 1 aromatic carbocycles. The van der Waals surface area contributed by atoms with E-state index in [-0.39, 0.29) is 5.76 Å². The average Bonchev–Trinajstić information content (AvgIpc) is 2.55. The summed E-state index contributed by atoms with van der Waals surface area (Å²) in [6.45, 7) is 4.24. The molecular weight excluding hydrogens is 294 g/mol. The van der Waals surface area contributed by atoms with Crippen LogP contribution in [0.2, 0.25) is 0 Å². The lowest BCUT2D eigenvalue weighted by Gasteiger charge is -2.31. The normalized spacial score (nSPS) is 13.7. The predicted molar refractivity (Wildman–Crippen MR) is 88.2 cm³/mol. The zero-order valence-electron chi connectivity index (χ0n) is 13.0. The van der Waals surface area contributed by atoms with Crippen LogP contribution in [0.25, 0.3) is 11.1 Å². The average molecular weight is 313 g/mol. The summed E-state index contributed by atoms with van der Waals surface area (Å²) in [7, 11) is 0. The molecular formula is C18H19NO4. The van der Waals surface area contributed by atoms with Crippen molar-refractivity contribution in [1.82, 2.24) is 0 Å². The first-order valence-corrected chi connectivity index (χ1v) is 7.86. The lowest BCUT2D eigenvalue weighted by atomic mass is 9.95. The van der Waals surface area contributed by atoms with E-state index < -0.39 is 11.6 Å². The summed E-state index contributed by atoms with van der Waals surface area (Å²) in [5.74, 6) is -1.54. The van der Waals surface area contributed by atoms with Crippen molar-refractivity contribution in [1.29, 1.82) is 0 Å². The largest absolute Gasteiger partial charge is 0.475 e. The SMILES string of the molecule is CCCN1CCCc2cc(-c3ccc(=O)oc3C(=O)O)ccc21. The highest BCUT2D eigenvalue weighted by Crippen LogP contribution is 2.32. The van der Waals surface area contributed by atoms with E-state index in [0.717, 1.165) is 37.9 Å².